The van der Waals surface area contributed by atoms with Gasteiger partial charge in [0.25, 0.3) is 0 Å². The first-order chi connectivity index (χ1) is 21.6. The number of hydrogen-bond acceptors (Lipinski definition) is 8. The third-order valence-corrected chi connectivity index (χ3v) is 15.4. The Bertz CT molecular complexity index is 1730. The van der Waals surface area contributed by atoms with E-state index in [1.807, 2.05) is 71.3 Å². The van der Waals surface area contributed by atoms with Gasteiger partial charge in [0.05, 0.1) is 25.4 Å². The first-order valence-electron chi connectivity index (χ1n) is 12.6. The second-order valence-electron chi connectivity index (χ2n) is 8.05. The zero-order valence-electron chi connectivity index (χ0n) is 24.0. The molecule has 0 bridgehead atoms. The zero-order chi connectivity index (χ0) is 31.0. The summed E-state index contributed by atoms with van der Waals surface area (Å²) in [6.07, 6.45) is 12.9. The number of thioether (sulfide) groups is 8. The van der Waals surface area contributed by atoms with E-state index in [-0.39, 0.29) is 0 Å². The van der Waals surface area contributed by atoms with Crippen molar-refractivity contribution in [1.29, 1.82) is 0 Å². The summed E-state index contributed by atoms with van der Waals surface area (Å²) in [5.74, 6) is 33.3. The minimum atomic E-state index is 0.910. The normalized spacial score (nSPS) is 13.0. The number of hydrogen-bond donors (Lipinski definition) is 0. The largest absolute Gasteiger partial charge is 0.121 e. The zero-order valence-corrected chi connectivity index (χ0v) is 30.6. The van der Waals surface area contributed by atoms with E-state index in [4.69, 9.17) is 0 Å². The van der Waals surface area contributed by atoms with Gasteiger partial charge in [-0.1, -0.05) is 83.2 Å². The second kappa shape index (κ2) is 19.2. The fourth-order valence-electron chi connectivity index (χ4n) is 3.25. The maximum absolute atomic E-state index is 3.04. The Morgan fingerprint density at radius 3 is 0.955 bits per heavy atom. The molecule has 0 amide bonds. The SMILES string of the molecule is CSC1=C(SC)SC(=Cc2ccc(C#CC#CC#CC#CC#CC#Cc3ccc(C=C4SC(SC)=C(SC)S4)cc3)cc2)S1. The molecule has 0 aromatic heterocycles. The van der Waals surface area contributed by atoms with Gasteiger partial charge in [-0.05, 0) is 132 Å². The predicted octanol–water partition coefficient (Wildman–Crippen LogP) is 10.4. The molecule has 0 nitrogen and oxygen atoms in total. The first-order valence-corrected chi connectivity index (χ1v) is 20.8. The Morgan fingerprint density at radius 2 is 0.682 bits per heavy atom. The molecule has 0 aliphatic carbocycles. The van der Waals surface area contributed by atoms with Crippen LogP contribution in [0.2, 0.25) is 0 Å². The number of rotatable bonds is 6. The van der Waals surface area contributed by atoms with Gasteiger partial charge < -0.3 is 0 Å². The quantitative estimate of drug-likeness (QED) is 0.268. The minimum absolute atomic E-state index is 0.910. The van der Waals surface area contributed by atoms with Gasteiger partial charge in [-0.3, -0.25) is 0 Å². The van der Waals surface area contributed by atoms with Crippen molar-refractivity contribution < 1.29 is 0 Å². The third kappa shape index (κ3) is 11.2. The van der Waals surface area contributed by atoms with E-state index in [0.717, 1.165) is 22.3 Å². The van der Waals surface area contributed by atoms with Gasteiger partial charge in [-0.25, -0.2) is 0 Å². The molecule has 0 fully saturated rings. The van der Waals surface area contributed by atoms with E-state index in [1.54, 1.807) is 47.0 Å². The van der Waals surface area contributed by atoms with Gasteiger partial charge in [0.2, 0.25) is 0 Å². The van der Waals surface area contributed by atoms with Crippen LogP contribution in [0.5, 0.6) is 0 Å². The summed E-state index contributed by atoms with van der Waals surface area (Å²) in [4.78, 5) is 0. The van der Waals surface area contributed by atoms with E-state index >= 15 is 0 Å². The number of benzene rings is 2. The van der Waals surface area contributed by atoms with Crippen LogP contribution in [0.4, 0.5) is 0 Å². The van der Waals surface area contributed by atoms with Crippen molar-refractivity contribution in [2.45, 2.75) is 0 Å². The summed E-state index contributed by atoms with van der Waals surface area (Å²) in [5.41, 5.74) is 4.14. The lowest BCUT2D eigenvalue weighted by Crippen LogP contribution is -1.76. The van der Waals surface area contributed by atoms with Crippen LogP contribution < -0.4 is 0 Å². The molecule has 0 saturated heterocycles. The van der Waals surface area contributed by atoms with Gasteiger partial charge in [0, 0.05) is 11.1 Å². The molecule has 0 radical (unpaired) electrons. The average molecular weight is 711 g/mol. The molecule has 44 heavy (non-hydrogen) atoms. The van der Waals surface area contributed by atoms with Crippen LogP contribution in [0.1, 0.15) is 22.3 Å². The van der Waals surface area contributed by atoms with E-state index < -0.39 is 0 Å². The Labute approximate surface area is 295 Å². The summed E-state index contributed by atoms with van der Waals surface area (Å²) >= 11 is 14.6. The molecule has 0 saturated carbocycles. The highest BCUT2D eigenvalue weighted by Crippen LogP contribution is 2.57. The molecule has 0 unspecified atom stereocenters. The predicted molar refractivity (Wildman–Crippen MR) is 212 cm³/mol. The molecule has 214 valence electrons. The highest BCUT2D eigenvalue weighted by molar-refractivity contribution is 8.41. The Hall–Kier alpha value is -2.44. The van der Waals surface area contributed by atoms with Crippen LogP contribution in [0.25, 0.3) is 12.2 Å². The Kier molecular flexibility index (Phi) is 15.0. The van der Waals surface area contributed by atoms with E-state index in [9.17, 15) is 0 Å². The van der Waals surface area contributed by atoms with Crippen molar-refractivity contribution in [3.05, 3.63) is 96.2 Å². The molecule has 0 N–H and O–H groups in total. The topological polar surface area (TPSA) is 0 Å². The van der Waals surface area contributed by atoms with Gasteiger partial charge in [-0.15, -0.1) is 47.0 Å². The maximum Gasteiger partial charge on any atom is 0.0657 e. The average Bonchev–Trinajstić information content (AvgIpc) is 3.65. The third-order valence-electron chi connectivity index (χ3n) is 5.21. The molecule has 0 spiro atoms. The molecule has 2 heterocycles. The fraction of sp³-hybridized carbons (Fsp3) is 0.111. The van der Waals surface area contributed by atoms with Crippen molar-refractivity contribution in [2.75, 3.05) is 25.0 Å². The van der Waals surface area contributed by atoms with Crippen LogP contribution in [0.15, 0.2) is 74.0 Å². The molecular formula is C36H22S8. The summed E-state index contributed by atoms with van der Waals surface area (Å²) in [5, 5.41) is 0. The lowest BCUT2D eigenvalue weighted by molar-refractivity contribution is 1.61. The van der Waals surface area contributed by atoms with Crippen LogP contribution in [0.3, 0.4) is 0 Å². The standard InChI is InChI=1S/C36H22S8/c1-37-33-34(38-2)42-31(41-33)25-29-21-17-27(18-22-29)15-13-11-9-7-5-6-8-10-12-14-16-28-19-23-30(24-20-28)26-32-43-35(39-3)36(40-4)44-32/h17-26H,1-4H3. The Balaban J connectivity index is 1.22. The van der Waals surface area contributed by atoms with Crippen molar-refractivity contribution in [2.24, 2.45) is 0 Å². The second-order valence-corrected chi connectivity index (χ2v) is 17.1. The molecule has 4 rings (SSSR count). The highest BCUT2D eigenvalue weighted by Gasteiger charge is 2.20. The van der Waals surface area contributed by atoms with Crippen molar-refractivity contribution >= 4 is 106 Å². The van der Waals surface area contributed by atoms with Crippen LogP contribution in [-0.2, 0) is 0 Å². The monoisotopic (exact) mass is 710 g/mol. The van der Waals surface area contributed by atoms with Gasteiger partial charge in [-0.2, -0.15) is 0 Å². The summed E-state index contributed by atoms with van der Waals surface area (Å²) in [6.45, 7) is 0. The van der Waals surface area contributed by atoms with Crippen LogP contribution in [0, 0.1) is 71.0 Å². The molecule has 2 aromatic rings. The van der Waals surface area contributed by atoms with Crippen LogP contribution in [-0.4, -0.2) is 25.0 Å². The van der Waals surface area contributed by atoms with Crippen LogP contribution >= 0.6 is 94.1 Å². The molecule has 2 aliphatic rings. The molecule has 2 aromatic carbocycles. The molecule has 0 atom stereocenters. The summed E-state index contributed by atoms with van der Waals surface area (Å²) in [6, 6.07) is 16.3. The fourth-order valence-corrected chi connectivity index (χ4v) is 13.1. The summed E-state index contributed by atoms with van der Waals surface area (Å²) in [7, 11) is 0. The van der Waals surface area contributed by atoms with Crippen molar-refractivity contribution in [3.8, 4) is 71.0 Å². The summed E-state index contributed by atoms with van der Waals surface area (Å²) < 4.78 is 8.08. The van der Waals surface area contributed by atoms with Crippen molar-refractivity contribution in [3.63, 3.8) is 0 Å². The van der Waals surface area contributed by atoms with Gasteiger partial charge in [0.15, 0.2) is 0 Å². The lowest BCUT2D eigenvalue weighted by Gasteiger charge is -1.98. The smallest absolute Gasteiger partial charge is 0.0657 e. The van der Waals surface area contributed by atoms with E-state index in [2.05, 4.69) is 132 Å². The molecular weight excluding hydrogens is 689 g/mol. The van der Waals surface area contributed by atoms with Gasteiger partial charge >= 0.3 is 0 Å². The lowest BCUT2D eigenvalue weighted by atomic mass is 10.1. The van der Waals surface area contributed by atoms with Crippen molar-refractivity contribution in [1.82, 2.24) is 0 Å². The van der Waals surface area contributed by atoms with Gasteiger partial charge in [0.1, 0.15) is 0 Å². The van der Waals surface area contributed by atoms with E-state index in [0.29, 0.717) is 0 Å². The Morgan fingerprint density at radius 1 is 0.409 bits per heavy atom. The molecule has 2 aliphatic heterocycles. The highest BCUT2D eigenvalue weighted by atomic mass is 32.3. The first kappa shape index (κ1) is 34.4. The van der Waals surface area contributed by atoms with E-state index in [1.165, 1.54) is 25.4 Å². The maximum atomic E-state index is 3.04. The molecule has 8 heteroatoms. The minimum Gasteiger partial charge on any atom is -0.121 e.